The molecule has 0 heterocycles. The Hall–Kier alpha value is -1.75. The van der Waals surface area contributed by atoms with Crippen LogP contribution in [0, 0.1) is 5.82 Å². The van der Waals surface area contributed by atoms with Crippen LogP contribution in [0.15, 0.2) is 46.9 Å². The highest BCUT2D eigenvalue weighted by atomic mass is 79.9. The van der Waals surface area contributed by atoms with Gasteiger partial charge in [0, 0.05) is 22.6 Å². The van der Waals surface area contributed by atoms with Gasteiger partial charge in [-0.3, -0.25) is 0 Å². The molecular weight excluding hydrogens is 325 g/mol. The minimum atomic E-state index is -0.370. The molecule has 0 aliphatic carbocycles. The third-order valence-corrected chi connectivity index (χ3v) is 3.06. The first-order valence-electron chi connectivity index (χ1n) is 6.21. The number of hydrogen-bond acceptors (Lipinski definition) is 3. The second kappa shape index (κ2) is 7.14. The van der Waals surface area contributed by atoms with Crippen molar-refractivity contribution in [2.75, 3.05) is 18.9 Å². The molecule has 0 saturated carbocycles. The Morgan fingerprint density at radius 2 is 1.85 bits per heavy atom. The fourth-order valence-electron chi connectivity index (χ4n) is 1.62. The number of benzene rings is 2. The Morgan fingerprint density at radius 3 is 2.65 bits per heavy atom. The summed E-state index contributed by atoms with van der Waals surface area (Å²) in [5.41, 5.74) is 6.31. The lowest BCUT2D eigenvalue weighted by molar-refractivity contribution is 0.241. The van der Waals surface area contributed by atoms with E-state index in [1.165, 1.54) is 6.07 Å². The van der Waals surface area contributed by atoms with Gasteiger partial charge in [-0.05, 0) is 30.3 Å². The minimum absolute atomic E-state index is 0.239. The van der Waals surface area contributed by atoms with Crippen molar-refractivity contribution in [1.82, 2.24) is 0 Å². The van der Waals surface area contributed by atoms with Gasteiger partial charge in [0.25, 0.3) is 0 Å². The molecule has 0 atom stereocenters. The number of nitrogens with two attached hydrogens (primary N) is 1. The monoisotopic (exact) mass is 339 g/mol. The van der Waals surface area contributed by atoms with Gasteiger partial charge in [0.1, 0.15) is 5.75 Å². The third kappa shape index (κ3) is 4.42. The van der Waals surface area contributed by atoms with Gasteiger partial charge < -0.3 is 15.2 Å². The van der Waals surface area contributed by atoms with E-state index in [1.54, 1.807) is 24.3 Å². The van der Waals surface area contributed by atoms with Crippen LogP contribution in [-0.4, -0.2) is 13.2 Å². The molecule has 5 heteroatoms. The zero-order chi connectivity index (χ0) is 14.4. The fourth-order valence-corrected chi connectivity index (χ4v) is 1.96. The van der Waals surface area contributed by atoms with Crippen LogP contribution in [0.3, 0.4) is 0 Å². The Balaban J connectivity index is 1.73. The summed E-state index contributed by atoms with van der Waals surface area (Å²) >= 11 is 3.27. The lowest BCUT2D eigenvalue weighted by atomic mass is 10.3. The van der Waals surface area contributed by atoms with E-state index in [0.29, 0.717) is 25.3 Å². The van der Waals surface area contributed by atoms with Crippen molar-refractivity contribution in [2.45, 2.75) is 6.42 Å². The van der Waals surface area contributed by atoms with Crippen LogP contribution < -0.4 is 15.2 Å². The molecule has 3 nitrogen and oxygen atoms in total. The molecule has 20 heavy (non-hydrogen) atoms. The van der Waals surface area contributed by atoms with Crippen LogP contribution in [0.2, 0.25) is 0 Å². The summed E-state index contributed by atoms with van der Waals surface area (Å²) in [5.74, 6) is 0.590. The molecule has 0 unspecified atom stereocenters. The highest BCUT2D eigenvalue weighted by Crippen LogP contribution is 2.22. The smallest absolute Gasteiger partial charge is 0.165 e. The minimum Gasteiger partial charge on any atom is -0.493 e. The molecule has 2 aromatic carbocycles. The van der Waals surface area contributed by atoms with Gasteiger partial charge in [0.05, 0.1) is 13.2 Å². The fraction of sp³-hybridized carbons (Fsp3) is 0.200. The number of nitrogen functional groups attached to an aromatic ring is 1. The van der Waals surface area contributed by atoms with Crippen LogP contribution in [0.4, 0.5) is 10.1 Å². The summed E-state index contributed by atoms with van der Waals surface area (Å²) in [5, 5.41) is 0. The maximum Gasteiger partial charge on any atom is 0.165 e. The molecule has 0 bridgehead atoms. The molecule has 0 fully saturated rings. The first-order chi connectivity index (χ1) is 9.65. The summed E-state index contributed by atoms with van der Waals surface area (Å²) in [6.07, 6.45) is 0.654. The average Bonchev–Trinajstić information content (AvgIpc) is 2.42. The Labute approximate surface area is 125 Å². The SMILES string of the molecule is Nc1cccc(OCCCOc2cc(Br)ccc2F)c1. The molecule has 0 aromatic heterocycles. The quantitative estimate of drug-likeness (QED) is 0.638. The first kappa shape index (κ1) is 14.7. The van der Waals surface area contributed by atoms with Crippen molar-refractivity contribution >= 4 is 21.6 Å². The van der Waals surface area contributed by atoms with Gasteiger partial charge in [-0.2, -0.15) is 0 Å². The topological polar surface area (TPSA) is 44.5 Å². The highest BCUT2D eigenvalue weighted by molar-refractivity contribution is 9.10. The maximum absolute atomic E-state index is 13.4. The summed E-state index contributed by atoms with van der Waals surface area (Å²) in [7, 11) is 0. The zero-order valence-electron chi connectivity index (χ0n) is 10.8. The second-order valence-electron chi connectivity index (χ2n) is 4.20. The number of halogens is 2. The molecule has 0 saturated heterocycles. The summed E-state index contributed by atoms with van der Waals surface area (Å²) < 4.78 is 25.1. The van der Waals surface area contributed by atoms with E-state index in [-0.39, 0.29) is 11.6 Å². The molecule has 2 rings (SSSR count). The molecule has 0 radical (unpaired) electrons. The van der Waals surface area contributed by atoms with E-state index < -0.39 is 0 Å². The summed E-state index contributed by atoms with van der Waals surface area (Å²) in [6.45, 7) is 0.870. The van der Waals surface area contributed by atoms with Crippen molar-refractivity contribution < 1.29 is 13.9 Å². The van der Waals surface area contributed by atoms with Gasteiger partial charge in [-0.25, -0.2) is 4.39 Å². The lowest BCUT2D eigenvalue weighted by Gasteiger charge is -2.09. The van der Waals surface area contributed by atoms with Crippen molar-refractivity contribution in [1.29, 1.82) is 0 Å². The molecule has 2 N–H and O–H groups in total. The largest absolute Gasteiger partial charge is 0.493 e. The van der Waals surface area contributed by atoms with Crippen LogP contribution in [0.25, 0.3) is 0 Å². The number of hydrogen-bond donors (Lipinski definition) is 1. The van der Waals surface area contributed by atoms with Gasteiger partial charge in [-0.1, -0.05) is 22.0 Å². The summed E-state index contributed by atoms with van der Waals surface area (Å²) in [4.78, 5) is 0. The molecule has 0 aliphatic heterocycles. The van der Waals surface area contributed by atoms with Crippen LogP contribution in [0.1, 0.15) is 6.42 Å². The number of ether oxygens (including phenoxy) is 2. The van der Waals surface area contributed by atoms with Gasteiger partial charge in [-0.15, -0.1) is 0 Å². The standard InChI is InChI=1S/C15H15BrFNO2/c16-11-5-6-14(17)15(9-11)20-8-2-7-19-13-4-1-3-12(18)10-13/h1,3-6,9-10H,2,7-8,18H2. The zero-order valence-corrected chi connectivity index (χ0v) is 12.4. The van der Waals surface area contributed by atoms with Crippen LogP contribution in [0.5, 0.6) is 11.5 Å². The van der Waals surface area contributed by atoms with Crippen molar-refractivity contribution in [3.05, 3.63) is 52.8 Å². The van der Waals surface area contributed by atoms with E-state index >= 15 is 0 Å². The Kier molecular flexibility index (Phi) is 5.24. The van der Waals surface area contributed by atoms with E-state index in [0.717, 1.165) is 10.2 Å². The van der Waals surface area contributed by atoms with Gasteiger partial charge in [0.15, 0.2) is 11.6 Å². The molecule has 0 amide bonds. The normalized spacial score (nSPS) is 10.3. The van der Waals surface area contributed by atoms with E-state index in [1.807, 2.05) is 12.1 Å². The predicted molar refractivity (Wildman–Crippen MR) is 80.6 cm³/mol. The third-order valence-electron chi connectivity index (χ3n) is 2.57. The van der Waals surface area contributed by atoms with E-state index in [9.17, 15) is 4.39 Å². The molecule has 106 valence electrons. The number of anilines is 1. The van der Waals surface area contributed by atoms with Crippen molar-refractivity contribution in [3.63, 3.8) is 0 Å². The molecule has 2 aromatic rings. The van der Waals surface area contributed by atoms with Crippen molar-refractivity contribution in [2.24, 2.45) is 0 Å². The second-order valence-corrected chi connectivity index (χ2v) is 5.11. The van der Waals surface area contributed by atoms with Crippen LogP contribution in [-0.2, 0) is 0 Å². The first-order valence-corrected chi connectivity index (χ1v) is 7.00. The van der Waals surface area contributed by atoms with E-state index in [2.05, 4.69) is 15.9 Å². The molecular formula is C15H15BrFNO2. The Morgan fingerprint density at radius 1 is 1.05 bits per heavy atom. The maximum atomic E-state index is 13.4. The molecule has 0 aliphatic rings. The van der Waals surface area contributed by atoms with E-state index in [4.69, 9.17) is 15.2 Å². The highest BCUT2D eigenvalue weighted by Gasteiger charge is 2.03. The van der Waals surface area contributed by atoms with Gasteiger partial charge in [0.2, 0.25) is 0 Å². The van der Waals surface area contributed by atoms with Gasteiger partial charge >= 0.3 is 0 Å². The average molecular weight is 340 g/mol. The van der Waals surface area contributed by atoms with Crippen molar-refractivity contribution in [3.8, 4) is 11.5 Å². The number of rotatable bonds is 6. The predicted octanol–water partition coefficient (Wildman–Crippen LogP) is 4.02. The Bertz CT molecular complexity index is 578. The van der Waals surface area contributed by atoms with Crippen LogP contribution >= 0.6 is 15.9 Å². The lowest BCUT2D eigenvalue weighted by Crippen LogP contribution is -2.06. The summed E-state index contributed by atoms with van der Waals surface area (Å²) in [6, 6.07) is 11.8. The molecule has 0 spiro atoms.